The van der Waals surface area contributed by atoms with E-state index in [2.05, 4.69) is 12.2 Å². The van der Waals surface area contributed by atoms with E-state index in [1.165, 1.54) is 19.3 Å². The Morgan fingerprint density at radius 3 is 3.00 bits per heavy atom. The van der Waals surface area contributed by atoms with Crippen molar-refractivity contribution < 1.29 is 9.13 Å². The number of thioether (sulfide) groups is 1. The highest BCUT2D eigenvalue weighted by molar-refractivity contribution is 8.00. The van der Waals surface area contributed by atoms with Gasteiger partial charge in [0.15, 0.2) is 11.6 Å². The summed E-state index contributed by atoms with van der Waals surface area (Å²) in [5.41, 5.74) is 0.732. The molecule has 1 aromatic rings. The molecule has 0 spiro atoms. The maximum Gasteiger partial charge on any atom is 0.169 e. The maximum absolute atomic E-state index is 14.3. The van der Waals surface area contributed by atoms with Gasteiger partial charge in [0.25, 0.3) is 0 Å². The van der Waals surface area contributed by atoms with Gasteiger partial charge in [-0.25, -0.2) is 4.39 Å². The molecule has 1 aromatic carbocycles. The summed E-state index contributed by atoms with van der Waals surface area (Å²) in [6.45, 7) is 2.91. The first-order chi connectivity index (χ1) is 8.77. The second kappa shape index (κ2) is 6.43. The Kier molecular flexibility index (Phi) is 4.89. The number of methoxy groups -OCH3 is 1. The van der Waals surface area contributed by atoms with Gasteiger partial charge in [-0.2, -0.15) is 11.8 Å². The highest BCUT2D eigenvalue weighted by Crippen LogP contribution is 2.38. The van der Waals surface area contributed by atoms with Crippen molar-refractivity contribution in [1.29, 1.82) is 0 Å². The SMILES string of the molecule is CCNC(c1cccc(OC)c1F)C1CCCS1. The van der Waals surface area contributed by atoms with Gasteiger partial charge in [0.2, 0.25) is 0 Å². The molecule has 2 nitrogen and oxygen atoms in total. The lowest BCUT2D eigenvalue weighted by atomic mass is 9.99. The van der Waals surface area contributed by atoms with E-state index in [0.29, 0.717) is 11.0 Å². The Bertz CT molecular complexity index is 393. The first-order valence-electron chi connectivity index (χ1n) is 6.45. The highest BCUT2D eigenvalue weighted by Gasteiger charge is 2.29. The van der Waals surface area contributed by atoms with Crippen LogP contribution in [0.25, 0.3) is 0 Å². The van der Waals surface area contributed by atoms with Gasteiger partial charge >= 0.3 is 0 Å². The standard InChI is InChI=1S/C14H20FNOS/c1-3-16-14(12-8-5-9-18-12)10-6-4-7-11(17-2)13(10)15/h4,6-7,12,14,16H,3,5,8-9H2,1-2H3. The van der Waals surface area contributed by atoms with Crippen LogP contribution in [0.3, 0.4) is 0 Å². The molecule has 1 saturated heterocycles. The zero-order valence-corrected chi connectivity index (χ0v) is 11.7. The first-order valence-corrected chi connectivity index (χ1v) is 7.50. The van der Waals surface area contributed by atoms with E-state index in [9.17, 15) is 4.39 Å². The minimum absolute atomic E-state index is 0.0811. The molecule has 0 aliphatic carbocycles. The van der Waals surface area contributed by atoms with E-state index in [0.717, 1.165) is 18.5 Å². The summed E-state index contributed by atoms with van der Waals surface area (Å²) in [7, 11) is 1.51. The fraction of sp³-hybridized carbons (Fsp3) is 0.571. The van der Waals surface area contributed by atoms with E-state index in [-0.39, 0.29) is 11.9 Å². The van der Waals surface area contributed by atoms with Crippen LogP contribution < -0.4 is 10.1 Å². The number of ether oxygens (including phenoxy) is 1. The van der Waals surface area contributed by atoms with Crippen molar-refractivity contribution in [1.82, 2.24) is 5.32 Å². The van der Waals surface area contributed by atoms with Gasteiger partial charge in [0, 0.05) is 16.9 Å². The fourth-order valence-corrected chi connectivity index (χ4v) is 3.86. The second-order valence-electron chi connectivity index (χ2n) is 4.45. The van der Waals surface area contributed by atoms with Crippen molar-refractivity contribution in [3.63, 3.8) is 0 Å². The van der Waals surface area contributed by atoms with Gasteiger partial charge in [-0.1, -0.05) is 19.1 Å². The predicted octanol–water partition coefficient (Wildman–Crippen LogP) is 3.38. The molecule has 0 saturated carbocycles. The molecule has 0 aromatic heterocycles. The molecule has 2 unspecified atom stereocenters. The molecule has 0 bridgehead atoms. The largest absolute Gasteiger partial charge is 0.494 e. The molecule has 0 amide bonds. The van der Waals surface area contributed by atoms with Crippen molar-refractivity contribution in [3.8, 4) is 5.75 Å². The van der Waals surface area contributed by atoms with Gasteiger partial charge in [-0.15, -0.1) is 0 Å². The Morgan fingerprint density at radius 1 is 1.56 bits per heavy atom. The van der Waals surface area contributed by atoms with Crippen LogP contribution in [0.1, 0.15) is 31.4 Å². The zero-order chi connectivity index (χ0) is 13.0. The van der Waals surface area contributed by atoms with Crippen LogP contribution >= 0.6 is 11.8 Å². The van der Waals surface area contributed by atoms with E-state index in [4.69, 9.17) is 4.74 Å². The van der Waals surface area contributed by atoms with Crippen LogP contribution in [0.4, 0.5) is 4.39 Å². The quantitative estimate of drug-likeness (QED) is 0.885. The molecular weight excluding hydrogens is 249 g/mol. The van der Waals surface area contributed by atoms with Crippen molar-refractivity contribution in [2.75, 3.05) is 19.4 Å². The summed E-state index contributed by atoms with van der Waals surface area (Å²) in [4.78, 5) is 0. The van der Waals surface area contributed by atoms with Gasteiger partial charge in [-0.3, -0.25) is 0 Å². The van der Waals surface area contributed by atoms with Crippen molar-refractivity contribution >= 4 is 11.8 Å². The van der Waals surface area contributed by atoms with Gasteiger partial charge in [0.1, 0.15) is 0 Å². The van der Waals surface area contributed by atoms with Crippen LogP contribution in [0.15, 0.2) is 18.2 Å². The molecule has 1 aliphatic rings. The van der Waals surface area contributed by atoms with Crippen LogP contribution in [-0.2, 0) is 0 Å². The van der Waals surface area contributed by atoms with Gasteiger partial charge in [0.05, 0.1) is 7.11 Å². The van der Waals surface area contributed by atoms with E-state index in [1.54, 1.807) is 6.07 Å². The molecule has 1 fully saturated rings. The maximum atomic E-state index is 14.3. The second-order valence-corrected chi connectivity index (χ2v) is 5.80. The molecule has 1 N–H and O–H groups in total. The van der Waals surface area contributed by atoms with E-state index < -0.39 is 0 Å². The average molecular weight is 269 g/mol. The van der Waals surface area contributed by atoms with Gasteiger partial charge < -0.3 is 10.1 Å². The topological polar surface area (TPSA) is 21.3 Å². The monoisotopic (exact) mass is 269 g/mol. The minimum Gasteiger partial charge on any atom is -0.494 e. The summed E-state index contributed by atoms with van der Waals surface area (Å²) in [5.74, 6) is 1.29. The van der Waals surface area contributed by atoms with Crippen LogP contribution in [0.2, 0.25) is 0 Å². The Balaban J connectivity index is 2.29. The first kappa shape index (κ1) is 13.7. The van der Waals surface area contributed by atoms with E-state index in [1.807, 2.05) is 23.9 Å². The van der Waals surface area contributed by atoms with Crippen molar-refractivity contribution in [3.05, 3.63) is 29.6 Å². The zero-order valence-electron chi connectivity index (χ0n) is 10.9. The Hall–Kier alpha value is -0.740. The summed E-state index contributed by atoms with van der Waals surface area (Å²) < 4.78 is 19.4. The number of halogens is 1. The molecule has 100 valence electrons. The molecule has 2 atom stereocenters. The molecule has 2 rings (SSSR count). The minimum atomic E-state index is -0.224. The normalized spacial score (nSPS) is 20.9. The third kappa shape index (κ3) is 2.81. The van der Waals surface area contributed by atoms with Crippen LogP contribution in [-0.4, -0.2) is 24.7 Å². The number of hydrogen-bond donors (Lipinski definition) is 1. The van der Waals surface area contributed by atoms with Gasteiger partial charge in [-0.05, 0) is 31.2 Å². The number of rotatable bonds is 5. The Morgan fingerprint density at radius 2 is 2.39 bits per heavy atom. The van der Waals surface area contributed by atoms with E-state index >= 15 is 0 Å². The summed E-state index contributed by atoms with van der Waals surface area (Å²) in [5, 5.41) is 3.88. The average Bonchev–Trinajstić information content (AvgIpc) is 2.90. The number of hydrogen-bond acceptors (Lipinski definition) is 3. The van der Waals surface area contributed by atoms with Crippen LogP contribution in [0.5, 0.6) is 5.75 Å². The molecule has 4 heteroatoms. The predicted molar refractivity (Wildman–Crippen MR) is 74.8 cm³/mol. The summed E-state index contributed by atoms with van der Waals surface area (Å²) in [6.07, 6.45) is 2.38. The van der Waals surface area contributed by atoms with Crippen molar-refractivity contribution in [2.45, 2.75) is 31.1 Å². The molecular formula is C14H20FNOS. The lowest BCUT2D eigenvalue weighted by Gasteiger charge is -2.25. The summed E-state index contributed by atoms with van der Waals surface area (Å²) >= 11 is 1.94. The lowest BCUT2D eigenvalue weighted by molar-refractivity contribution is 0.378. The number of nitrogens with one attached hydrogen (secondary N) is 1. The molecule has 1 aliphatic heterocycles. The lowest BCUT2D eigenvalue weighted by Crippen LogP contribution is -2.29. The smallest absolute Gasteiger partial charge is 0.169 e. The fourth-order valence-electron chi connectivity index (χ4n) is 2.45. The molecule has 1 heterocycles. The highest BCUT2D eigenvalue weighted by atomic mass is 32.2. The van der Waals surface area contributed by atoms with Crippen LogP contribution in [0, 0.1) is 5.82 Å². The summed E-state index contributed by atoms with van der Waals surface area (Å²) in [6, 6.07) is 5.48. The third-order valence-corrected chi connectivity index (χ3v) is 4.77. The molecule has 0 radical (unpaired) electrons. The molecule has 18 heavy (non-hydrogen) atoms. The third-order valence-electron chi connectivity index (χ3n) is 3.31. The number of benzene rings is 1. The van der Waals surface area contributed by atoms with Crippen molar-refractivity contribution in [2.24, 2.45) is 0 Å². The Labute approximate surface area is 112 Å².